The molecule has 0 bridgehead atoms. The van der Waals surface area contributed by atoms with E-state index in [-0.39, 0.29) is 5.91 Å². The molecule has 112 valence electrons. The third-order valence-corrected chi connectivity index (χ3v) is 5.20. The summed E-state index contributed by atoms with van der Waals surface area (Å²) in [6.07, 6.45) is 1.15. The van der Waals surface area contributed by atoms with Gasteiger partial charge in [0, 0.05) is 19.8 Å². The molecule has 21 heavy (non-hydrogen) atoms. The van der Waals surface area contributed by atoms with Crippen molar-refractivity contribution in [2.45, 2.75) is 0 Å². The van der Waals surface area contributed by atoms with Crippen LogP contribution >= 0.6 is 11.3 Å². The van der Waals surface area contributed by atoms with Gasteiger partial charge < -0.3 is 4.90 Å². The second-order valence-corrected chi connectivity index (χ2v) is 7.55. The van der Waals surface area contributed by atoms with Gasteiger partial charge in [0.05, 0.1) is 16.8 Å². The van der Waals surface area contributed by atoms with E-state index in [9.17, 15) is 13.2 Å². The van der Waals surface area contributed by atoms with Gasteiger partial charge in [-0.05, 0) is 35.7 Å². The largest absolute Gasteiger partial charge is 0.311 e. The average molecular weight is 324 g/mol. The zero-order valence-electron chi connectivity index (χ0n) is 12.0. The van der Waals surface area contributed by atoms with Crippen LogP contribution in [0.25, 0.3) is 0 Å². The summed E-state index contributed by atoms with van der Waals surface area (Å²) in [5, 5.41) is 1.85. The van der Waals surface area contributed by atoms with Crippen molar-refractivity contribution in [1.29, 1.82) is 0 Å². The predicted octanol–water partition coefficient (Wildman–Crippen LogP) is 2.42. The quantitative estimate of drug-likeness (QED) is 0.868. The molecule has 0 aliphatic heterocycles. The summed E-state index contributed by atoms with van der Waals surface area (Å²) < 4.78 is 24.1. The van der Waals surface area contributed by atoms with E-state index in [0.717, 1.165) is 6.26 Å². The van der Waals surface area contributed by atoms with Crippen molar-refractivity contribution >= 4 is 38.6 Å². The Morgan fingerprint density at radius 3 is 2.10 bits per heavy atom. The molecular weight excluding hydrogens is 308 g/mol. The van der Waals surface area contributed by atoms with Gasteiger partial charge in [0.25, 0.3) is 5.91 Å². The van der Waals surface area contributed by atoms with Gasteiger partial charge in [-0.2, -0.15) is 0 Å². The minimum atomic E-state index is -3.29. The normalized spacial score (nSPS) is 11.2. The Kier molecular flexibility index (Phi) is 4.34. The van der Waals surface area contributed by atoms with Gasteiger partial charge in [-0.1, -0.05) is 6.07 Å². The Morgan fingerprint density at radius 1 is 1.05 bits per heavy atom. The van der Waals surface area contributed by atoms with Crippen LogP contribution in [0.15, 0.2) is 41.8 Å². The van der Waals surface area contributed by atoms with Crippen LogP contribution in [0.3, 0.4) is 0 Å². The third kappa shape index (κ3) is 3.43. The standard InChI is InChI=1S/C14H16N2O3S2/c1-15(14(17)13-5-4-10-20-13)11-6-8-12(9-7-11)16(2)21(3,18)19/h4-10H,1-3H3. The lowest BCUT2D eigenvalue weighted by atomic mass is 10.2. The van der Waals surface area contributed by atoms with E-state index < -0.39 is 10.0 Å². The Balaban J connectivity index is 2.21. The molecule has 2 rings (SSSR count). The molecule has 7 heteroatoms. The minimum absolute atomic E-state index is 0.0887. The van der Waals surface area contributed by atoms with Gasteiger partial charge in [-0.25, -0.2) is 8.42 Å². The monoisotopic (exact) mass is 324 g/mol. The summed E-state index contributed by atoms with van der Waals surface area (Å²) in [5.74, 6) is -0.0887. The van der Waals surface area contributed by atoms with Crippen LogP contribution in [0.4, 0.5) is 11.4 Å². The zero-order valence-corrected chi connectivity index (χ0v) is 13.6. The van der Waals surface area contributed by atoms with E-state index in [2.05, 4.69) is 0 Å². The summed E-state index contributed by atoms with van der Waals surface area (Å²) in [4.78, 5) is 14.4. The first kappa shape index (κ1) is 15.5. The number of carbonyl (C=O) groups excluding carboxylic acids is 1. The summed E-state index contributed by atoms with van der Waals surface area (Å²) >= 11 is 1.39. The molecular formula is C14H16N2O3S2. The lowest BCUT2D eigenvalue weighted by Crippen LogP contribution is -2.26. The number of rotatable bonds is 4. The lowest BCUT2D eigenvalue weighted by molar-refractivity contribution is 0.0997. The summed E-state index contributed by atoms with van der Waals surface area (Å²) in [7, 11) is -0.104. The molecule has 0 unspecified atom stereocenters. The third-order valence-electron chi connectivity index (χ3n) is 3.13. The van der Waals surface area contributed by atoms with Gasteiger partial charge in [0.2, 0.25) is 10.0 Å². The number of carbonyl (C=O) groups is 1. The maximum absolute atomic E-state index is 12.2. The molecule has 1 heterocycles. The molecule has 0 aliphatic carbocycles. The Labute approximate surface area is 128 Å². The van der Waals surface area contributed by atoms with Gasteiger partial charge in [0.15, 0.2) is 0 Å². The van der Waals surface area contributed by atoms with Gasteiger partial charge >= 0.3 is 0 Å². The van der Waals surface area contributed by atoms with Crippen molar-refractivity contribution in [2.75, 3.05) is 29.6 Å². The van der Waals surface area contributed by atoms with Crippen molar-refractivity contribution in [2.24, 2.45) is 0 Å². The van der Waals surface area contributed by atoms with Gasteiger partial charge in [-0.3, -0.25) is 9.10 Å². The van der Waals surface area contributed by atoms with E-state index in [1.807, 2.05) is 11.4 Å². The number of anilines is 2. The number of thiophene rings is 1. The first-order valence-corrected chi connectivity index (χ1v) is 8.89. The highest BCUT2D eigenvalue weighted by molar-refractivity contribution is 7.92. The molecule has 2 aromatic rings. The molecule has 0 atom stereocenters. The topological polar surface area (TPSA) is 57.7 Å². The fraction of sp³-hybridized carbons (Fsp3) is 0.214. The second kappa shape index (κ2) is 5.87. The fourth-order valence-electron chi connectivity index (χ4n) is 1.76. The van der Waals surface area contributed by atoms with Gasteiger partial charge in [-0.15, -0.1) is 11.3 Å². The van der Waals surface area contributed by atoms with E-state index >= 15 is 0 Å². The molecule has 0 aliphatic rings. The van der Waals surface area contributed by atoms with Crippen LogP contribution in [-0.2, 0) is 10.0 Å². The van der Waals surface area contributed by atoms with Crippen molar-refractivity contribution in [3.63, 3.8) is 0 Å². The molecule has 0 fully saturated rings. The first-order chi connectivity index (χ1) is 9.80. The first-order valence-electron chi connectivity index (χ1n) is 6.16. The highest BCUT2D eigenvalue weighted by Gasteiger charge is 2.16. The SMILES string of the molecule is CN(C(=O)c1cccs1)c1ccc(N(C)S(C)(=O)=O)cc1. The number of benzene rings is 1. The number of nitrogens with zero attached hydrogens (tertiary/aromatic N) is 2. The highest BCUT2D eigenvalue weighted by atomic mass is 32.2. The lowest BCUT2D eigenvalue weighted by Gasteiger charge is -2.20. The Bertz CT molecular complexity index is 722. The van der Waals surface area contributed by atoms with Crippen molar-refractivity contribution < 1.29 is 13.2 Å². The van der Waals surface area contributed by atoms with Crippen LogP contribution in [0.5, 0.6) is 0 Å². The Morgan fingerprint density at radius 2 is 1.62 bits per heavy atom. The van der Waals surface area contributed by atoms with Crippen LogP contribution in [-0.4, -0.2) is 34.7 Å². The van der Waals surface area contributed by atoms with Crippen molar-refractivity contribution in [3.8, 4) is 0 Å². The fourth-order valence-corrected chi connectivity index (χ4v) is 2.96. The van der Waals surface area contributed by atoms with Crippen molar-refractivity contribution in [1.82, 2.24) is 0 Å². The summed E-state index contributed by atoms with van der Waals surface area (Å²) in [6.45, 7) is 0. The number of sulfonamides is 1. The van der Waals surface area contributed by atoms with E-state index in [1.54, 1.807) is 37.4 Å². The maximum Gasteiger partial charge on any atom is 0.268 e. The Hall–Kier alpha value is -1.86. The zero-order chi connectivity index (χ0) is 15.6. The average Bonchev–Trinajstić information content (AvgIpc) is 2.98. The van der Waals surface area contributed by atoms with Crippen LogP contribution in [0, 0.1) is 0 Å². The highest BCUT2D eigenvalue weighted by Crippen LogP contribution is 2.22. The van der Waals surface area contributed by atoms with E-state index in [0.29, 0.717) is 16.3 Å². The molecule has 0 spiro atoms. The van der Waals surface area contributed by atoms with Crippen LogP contribution < -0.4 is 9.21 Å². The second-order valence-electron chi connectivity index (χ2n) is 4.59. The van der Waals surface area contributed by atoms with Gasteiger partial charge in [0.1, 0.15) is 0 Å². The molecule has 1 amide bonds. The van der Waals surface area contributed by atoms with Crippen LogP contribution in [0.2, 0.25) is 0 Å². The number of hydrogen-bond acceptors (Lipinski definition) is 4. The molecule has 0 N–H and O–H groups in total. The van der Waals surface area contributed by atoms with Crippen LogP contribution in [0.1, 0.15) is 9.67 Å². The van der Waals surface area contributed by atoms with Crippen molar-refractivity contribution in [3.05, 3.63) is 46.7 Å². The molecule has 0 radical (unpaired) electrons. The van der Waals surface area contributed by atoms with E-state index in [1.165, 1.54) is 27.6 Å². The molecule has 5 nitrogen and oxygen atoms in total. The smallest absolute Gasteiger partial charge is 0.268 e. The molecule has 0 saturated heterocycles. The molecule has 0 saturated carbocycles. The maximum atomic E-state index is 12.2. The summed E-state index contributed by atoms with van der Waals surface area (Å²) in [6, 6.07) is 10.4. The summed E-state index contributed by atoms with van der Waals surface area (Å²) in [5.41, 5.74) is 1.26. The molecule has 1 aromatic carbocycles. The number of amides is 1. The van der Waals surface area contributed by atoms with E-state index in [4.69, 9.17) is 0 Å². The number of hydrogen-bond donors (Lipinski definition) is 0. The molecule has 1 aromatic heterocycles. The predicted molar refractivity (Wildman–Crippen MR) is 86.7 cm³/mol. The minimum Gasteiger partial charge on any atom is -0.311 e.